The topological polar surface area (TPSA) is 280 Å². The first-order valence-electron chi connectivity index (χ1n) is 48.3. The van der Waals surface area contributed by atoms with Gasteiger partial charge in [0, 0.05) is 22.0 Å². The number of rotatable bonds is 32. The number of aliphatic hydroxyl groups excluding tert-OH is 1. The number of benzene rings is 9. The van der Waals surface area contributed by atoms with Crippen LogP contribution in [-0.2, 0) is 46.3 Å². The number of phenols is 1. The molecule has 0 aliphatic rings. The second-order valence-electron chi connectivity index (χ2n) is 42.0. The van der Waals surface area contributed by atoms with Crippen molar-refractivity contribution < 1.29 is 117 Å². The molecule has 0 aliphatic heterocycles. The van der Waals surface area contributed by atoms with Crippen LogP contribution in [-0.4, -0.2) is 150 Å². The van der Waals surface area contributed by atoms with Crippen molar-refractivity contribution in [1.82, 2.24) is 0 Å². The summed E-state index contributed by atoms with van der Waals surface area (Å²) in [7, 11) is 0.144. The van der Waals surface area contributed by atoms with Gasteiger partial charge in [-0.1, -0.05) is 266 Å². The van der Waals surface area contributed by atoms with E-state index in [0.29, 0.717) is 64.8 Å². The number of halogens is 1. The molecule has 0 spiro atoms. The zero-order valence-electron chi connectivity index (χ0n) is 93.6. The van der Waals surface area contributed by atoms with Gasteiger partial charge in [-0.05, 0) is 296 Å². The Morgan fingerprint density at radius 1 is 0.349 bits per heavy atom. The number of hydrogen-bond acceptors (Lipinski definition) is 22. The number of hydrogen-bond donors (Lipinski definition) is 2. The molecule has 30 heteroatoms. The first-order valence-corrected chi connectivity index (χ1v) is 66.8. The molecule has 0 heterocycles. The van der Waals surface area contributed by atoms with Crippen molar-refractivity contribution in [3.63, 3.8) is 0 Å². The van der Waals surface area contributed by atoms with Gasteiger partial charge in [0.15, 0.2) is 40.2 Å². The van der Waals surface area contributed by atoms with Crippen molar-refractivity contribution in [2.75, 3.05) is 62.5 Å². The average molecular weight is 2260 g/mol. The summed E-state index contributed by atoms with van der Waals surface area (Å²) in [5, 5.41) is 23.1. The number of aldehydes is 3. The molecule has 146 heavy (non-hydrogen) atoms. The minimum absolute atomic E-state index is 0.0399. The molecule has 9 rings (SSSR count). The molecule has 0 saturated heterocycles. The van der Waals surface area contributed by atoms with Crippen LogP contribution in [0.15, 0.2) is 233 Å². The Labute approximate surface area is 897 Å². The maximum atomic E-state index is 12.9. The second-order valence-corrected chi connectivity index (χ2v) is 70.1. The number of carbonyl (C=O) groups is 5. The van der Waals surface area contributed by atoms with Gasteiger partial charge >= 0.3 is 34.4 Å². The van der Waals surface area contributed by atoms with E-state index in [1.165, 1.54) is 30.9 Å². The first-order chi connectivity index (χ1) is 67.9. The third-order valence-electron chi connectivity index (χ3n) is 25.7. The zero-order valence-corrected chi connectivity index (χ0v) is 103. The molecule has 799 valence electrons. The van der Waals surface area contributed by atoms with Crippen molar-refractivity contribution in [3.05, 3.63) is 266 Å². The summed E-state index contributed by atoms with van der Waals surface area (Å²) in [6.07, 6.45) is 12.1. The molecule has 22 nitrogen and oxygen atoms in total. The van der Waals surface area contributed by atoms with Crippen LogP contribution in [0.25, 0.3) is 24.3 Å². The van der Waals surface area contributed by atoms with Gasteiger partial charge in [0.05, 0.1) is 62.5 Å². The molecule has 0 aliphatic carbocycles. The fourth-order valence-electron chi connectivity index (χ4n) is 12.1. The number of phenolic OH excluding ortho intramolecular Hbond substituents is 1. The first kappa shape index (κ1) is 131. The normalized spacial score (nSPS) is 12.1. The standard InChI is InChI=1S/C23H23O2P.C19H30O4Si.C18H27IO2Si.C17H28O3Si.C17H26O3Si.C14H22O3Si.C8H8O3.Mn.2O/c1-3-25-23(24)19(2)26(20-13-7-4-8-14-20,21-15-9-5-10-16-21)22-17-11-6-12-18-22;1-9-22-18(20)14(2)12-15-10-11-16(17(13-15)21-6)23-24(7,8)19(3,4)5;1-14(10-11-19)12-15-8-9-16(17(13-15)20-5)21-22(6,7)18(2,3)4;2*1-13(12-18)10-14-8-9-15(16(11-14)19-5)20-21(6,7)17(2,3)4;1-14(2,3)18(5,6)17-12-8-7-11(10-15)9-13(12)16-4;1-11-8-4-6(5-9)2-3-7(8)10;;;/h4-18H,3H2,1-2H3;10-13H,9H2,1-8H3;8-13H,1-7H3;8-11,18H,12H2,1-7H3;8-12H,1-7H3;7-10H,1-6H3;2-5,10H,1H3;;;/b;14-12+;11-10-,14-12+;2*13-10+;;;;;. The Balaban J connectivity index is 0.000000578. The molecule has 0 aromatic heterocycles. The van der Waals surface area contributed by atoms with E-state index in [1.807, 2.05) is 164 Å². The Kier molecular flexibility index (Phi) is 54.7. The zero-order chi connectivity index (χ0) is 111. The third kappa shape index (κ3) is 41.2. The summed E-state index contributed by atoms with van der Waals surface area (Å²) in [5.41, 5.74) is 8.34. The Bertz CT molecular complexity index is 5830. The van der Waals surface area contributed by atoms with E-state index in [-0.39, 0.29) is 49.5 Å². The maximum absolute atomic E-state index is 12.9. The molecule has 0 atom stereocenters. The minimum atomic E-state index is -2.29. The predicted octanol–water partition coefficient (Wildman–Crippen LogP) is 29.2. The summed E-state index contributed by atoms with van der Waals surface area (Å²) < 4.78 is 92.8. The number of esters is 2. The molecule has 0 unspecified atom stereocenters. The van der Waals surface area contributed by atoms with Crippen LogP contribution in [0.4, 0.5) is 0 Å². The van der Waals surface area contributed by atoms with Gasteiger partial charge < -0.3 is 70.2 Å². The van der Waals surface area contributed by atoms with Crippen molar-refractivity contribution in [3.8, 4) is 69.0 Å². The Morgan fingerprint density at radius 3 is 0.849 bits per heavy atom. The van der Waals surface area contributed by atoms with E-state index < -0.39 is 63.3 Å². The number of methoxy groups -OCH3 is 6. The Hall–Kier alpha value is -10.6. The van der Waals surface area contributed by atoms with Crippen molar-refractivity contribution in [2.24, 2.45) is 0 Å². The van der Waals surface area contributed by atoms with Crippen LogP contribution in [0.3, 0.4) is 0 Å². The molecule has 0 saturated carbocycles. The fraction of sp³-hybridized carbons (Fsp3) is 0.397. The van der Waals surface area contributed by atoms with Gasteiger partial charge in [0.25, 0.3) is 41.6 Å². The van der Waals surface area contributed by atoms with Crippen molar-refractivity contribution >= 4 is 147 Å². The molecule has 9 aromatic rings. The number of allylic oxidation sites excluding steroid dienone is 3. The van der Waals surface area contributed by atoms with E-state index in [9.17, 15) is 24.0 Å². The van der Waals surface area contributed by atoms with Crippen LogP contribution in [0.5, 0.6) is 69.0 Å². The van der Waals surface area contributed by atoms with Gasteiger partial charge in [0.1, 0.15) is 47.6 Å². The summed E-state index contributed by atoms with van der Waals surface area (Å²) in [6, 6.07) is 64.1. The molecule has 0 fully saturated rings. The molecule has 0 radical (unpaired) electrons. The SMILES string of the molecule is CCOC(=O)/C(C)=C/c1ccc(O[Si](C)(C)C(C)(C)C)c(OC)c1.CCOC(=O)C(C)=P(c1ccccc1)(c1ccccc1)c1ccccc1.COc1cc(/C=C(C)/C=C\I)ccc1O[Si](C)(C)C(C)(C)C.COc1cc(/C=C(\C)C=O)ccc1O[Si](C)(C)C(C)(C)C.COc1cc(/C=C(\C)CO)ccc1O[Si](C)(C)C(C)(C)C.COc1cc(C=O)ccc1O.COc1cc(C=O)ccc1O[Si](C)(C)C(C)(C)C.[O]=[Mn]=[O]. The monoisotopic (exact) mass is 2260 g/mol. The van der Waals surface area contributed by atoms with Crippen LogP contribution in [0.1, 0.15) is 195 Å². The molecular formula is C116H164IMnO22PSi5. The number of carbonyl (C=O) groups excluding carboxylic acids is 5. The van der Waals surface area contributed by atoms with Crippen molar-refractivity contribution in [1.29, 1.82) is 0 Å². The fourth-order valence-corrected chi connectivity index (χ4v) is 22.1. The van der Waals surface area contributed by atoms with Gasteiger partial charge in [-0.15, -0.1) is 0 Å². The van der Waals surface area contributed by atoms with Crippen LogP contribution in [0, 0.1) is 0 Å². The van der Waals surface area contributed by atoms with Gasteiger partial charge in [-0.2, -0.15) is 0 Å². The number of ether oxygens (including phenoxy) is 8. The van der Waals surface area contributed by atoms with E-state index in [2.05, 4.69) is 253 Å². The molecule has 0 amide bonds. The summed E-state index contributed by atoms with van der Waals surface area (Å²) >= 11 is 0.788. The molecule has 2 N–H and O–H groups in total. The Morgan fingerprint density at radius 2 is 0.596 bits per heavy atom. The quantitative estimate of drug-likeness (QED) is 0.00753. The van der Waals surface area contributed by atoms with E-state index in [4.69, 9.17) is 77.9 Å². The van der Waals surface area contributed by atoms with Gasteiger partial charge in [-0.25, -0.2) is 9.59 Å². The van der Waals surface area contributed by atoms with Crippen LogP contribution < -0.4 is 66.5 Å². The summed E-state index contributed by atoms with van der Waals surface area (Å²) in [4.78, 5) is 56.3. The second kappa shape index (κ2) is 60.8. The predicted molar refractivity (Wildman–Crippen MR) is 621 cm³/mol. The third-order valence-corrected chi connectivity index (χ3v) is 52.2. The molecule has 9 aromatic carbocycles. The van der Waals surface area contributed by atoms with E-state index in [0.717, 1.165) is 102 Å². The number of aliphatic hydroxyl groups is 1. The molecular weight excluding hydrogens is 2100 g/mol. The van der Waals surface area contributed by atoms with Gasteiger partial charge in [0.2, 0.25) is 0 Å². The number of aromatic hydroxyl groups is 1. The molecule has 0 bridgehead atoms. The summed E-state index contributed by atoms with van der Waals surface area (Å²) in [6.45, 7) is 66.8. The van der Waals surface area contributed by atoms with E-state index >= 15 is 0 Å². The van der Waals surface area contributed by atoms with Crippen molar-refractivity contribution in [2.45, 2.75) is 243 Å². The average Bonchev–Trinajstić information content (AvgIpc) is 0.735. The van der Waals surface area contributed by atoms with E-state index in [1.54, 1.807) is 74.5 Å². The van der Waals surface area contributed by atoms with Crippen LogP contribution in [0.2, 0.25) is 90.7 Å². The van der Waals surface area contributed by atoms with Gasteiger partial charge in [-0.3, -0.25) is 14.4 Å². The van der Waals surface area contributed by atoms with Crippen LogP contribution >= 0.6 is 29.5 Å². The summed E-state index contributed by atoms with van der Waals surface area (Å²) in [5.74, 6) is 7.21.